The molecule has 0 bridgehead atoms. The lowest BCUT2D eigenvalue weighted by atomic mass is 10.3. The normalized spacial score (nSPS) is 10.4. The van der Waals surface area contributed by atoms with Gasteiger partial charge in [0.05, 0.1) is 10.0 Å². The third kappa shape index (κ3) is 4.30. The van der Waals surface area contributed by atoms with E-state index in [4.69, 9.17) is 27.9 Å². The highest BCUT2D eigenvalue weighted by Crippen LogP contribution is 2.32. The molecule has 1 N–H and O–H groups in total. The first kappa shape index (κ1) is 16.0. The Bertz CT molecular complexity index is 613. The molecule has 8 heteroatoms. The molecule has 1 amide bonds. The second-order valence-electron chi connectivity index (χ2n) is 4.04. The summed E-state index contributed by atoms with van der Waals surface area (Å²) in [5.74, 6) is 0.705. The first-order valence-electron chi connectivity index (χ1n) is 6.11. The summed E-state index contributed by atoms with van der Waals surface area (Å²) in [5.41, 5.74) is 0.311. The highest BCUT2D eigenvalue weighted by molar-refractivity contribution is 7.80. The van der Waals surface area contributed by atoms with Gasteiger partial charge in [0.1, 0.15) is 5.69 Å². The highest BCUT2D eigenvalue weighted by Gasteiger charge is 2.10. The van der Waals surface area contributed by atoms with E-state index in [-0.39, 0.29) is 12.6 Å². The standard InChI is InChI=1S/C13H13Cl2N3O2S/c14-9-2-1-3-10(15)12(9)20-8-18-6-4-11(17-18)13(19)16-5-7-21/h1-4,6,21H,5,7-8H2,(H,16,19). The fraction of sp³-hybridized carbons (Fsp3) is 0.231. The Balaban J connectivity index is 1.98. The van der Waals surface area contributed by atoms with Crippen molar-refractivity contribution in [1.29, 1.82) is 0 Å². The predicted molar refractivity (Wildman–Crippen MR) is 85.5 cm³/mol. The molecule has 2 rings (SSSR count). The number of rotatable bonds is 6. The van der Waals surface area contributed by atoms with E-state index in [9.17, 15) is 4.79 Å². The molecular formula is C13H13Cl2N3O2S. The maximum absolute atomic E-state index is 11.7. The van der Waals surface area contributed by atoms with E-state index in [2.05, 4.69) is 23.0 Å². The molecule has 0 atom stereocenters. The predicted octanol–water partition coefficient (Wildman–Crippen LogP) is 2.89. The number of hydrogen-bond acceptors (Lipinski definition) is 4. The fourth-order valence-electron chi connectivity index (χ4n) is 1.57. The molecule has 1 aromatic heterocycles. The molecule has 112 valence electrons. The molecule has 21 heavy (non-hydrogen) atoms. The molecule has 1 aromatic carbocycles. The maximum atomic E-state index is 11.7. The number of thiol groups is 1. The molecular weight excluding hydrogens is 333 g/mol. The van der Waals surface area contributed by atoms with Crippen LogP contribution in [0.2, 0.25) is 10.0 Å². The summed E-state index contributed by atoms with van der Waals surface area (Å²) in [6.45, 7) is 0.587. The minimum atomic E-state index is -0.251. The Morgan fingerprint density at radius 2 is 2.05 bits per heavy atom. The van der Waals surface area contributed by atoms with Crippen LogP contribution in [0.4, 0.5) is 0 Å². The van der Waals surface area contributed by atoms with Crippen molar-refractivity contribution in [3.8, 4) is 5.75 Å². The van der Waals surface area contributed by atoms with Crippen LogP contribution in [0.5, 0.6) is 5.75 Å². The quantitative estimate of drug-likeness (QED) is 0.791. The first-order chi connectivity index (χ1) is 10.1. The number of nitrogens with zero attached hydrogens (tertiary/aromatic N) is 2. The van der Waals surface area contributed by atoms with E-state index in [0.717, 1.165) is 0 Å². The van der Waals surface area contributed by atoms with Gasteiger partial charge >= 0.3 is 0 Å². The zero-order chi connectivity index (χ0) is 15.2. The summed E-state index contributed by atoms with van der Waals surface area (Å²) in [5, 5.41) is 7.62. The number of ether oxygens (including phenoxy) is 1. The number of aromatic nitrogens is 2. The third-order valence-corrected chi connectivity index (χ3v) is 3.35. The topological polar surface area (TPSA) is 56.2 Å². The van der Waals surface area contributed by atoms with Crippen molar-refractivity contribution in [1.82, 2.24) is 15.1 Å². The summed E-state index contributed by atoms with van der Waals surface area (Å²) in [7, 11) is 0. The van der Waals surface area contributed by atoms with Crippen molar-refractivity contribution < 1.29 is 9.53 Å². The molecule has 0 aliphatic heterocycles. The number of carbonyl (C=O) groups excluding carboxylic acids is 1. The minimum Gasteiger partial charge on any atom is -0.468 e. The van der Waals surface area contributed by atoms with Gasteiger partial charge in [-0.2, -0.15) is 17.7 Å². The number of halogens is 2. The van der Waals surface area contributed by atoms with Crippen LogP contribution >= 0.6 is 35.8 Å². The zero-order valence-corrected chi connectivity index (χ0v) is 13.3. The Hall–Kier alpha value is -1.37. The summed E-state index contributed by atoms with van der Waals surface area (Å²) < 4.78 is 7.00. The molecule has 0 saturated heterocycles. The largest absolute Gasteiger partial charge is 0.468 e. The molecule has 0 radical (unpaired) electrons. The van der Waals surface area contributed by atoms with Gasteiger partial charge in [-0.25, -0.2) is 4.68 Å². The van der Waals surface area contributed by atoms with Crippen LogP contribution in [-0.4, -0.2) is 28.0 Å². The Morgan fingerprint density at radius 3 is 2.71 bits per heavy atom. The lowest BCUT2D eigenvalue weighted by Crippen LogP contribution is -2.26. The number of benzene rings is 1. The smallest absolute Gasteiger partial charge is 0.271 e. The molecule has 1 heterocycles. The Morgan fingerprint density at radius 1 is 1.33 bits per heavy atom. The minimum absolute atomic E-state index is 0.100. The van der Waals surface area contributed by atoms with Gasteiger partial charge in [-0.05, 0) is 18.2 Å². The van der Waals surface area contributed by atoms with Gasteiger partial charge < -0.3 is 10.1 Å². The van der Waals surface area contributed by atoms with Crippen LogP contribution in [0.25, 0.3) is 0 Å². The summed E-state index contributed by atoms with van der Waals surface area (Å²) in [6.07, 6.45) is 1.64. The number of hydrogen-bond donors (Lipinski definition) is 2. The van der Waals surface area contributed by atoms with Gasteiger partial charge in [-0.3, -0.25) is 4.79 Å². The molecule has 0 aliphatic rings. The van der Waals surface area contributed by atoms with Gasteiger partial charge in [-0.1, -0.05) is 29.3 Å². The summed E-state index contributed by atoms with van der Waals surface area (Å²) in [4.78, 5) is 11.7. The van der Waals surface area contributed by atoms with Crippen LogP contribution in [0, 0.1) is 0 Å². The van der Waals surface area contributed by atoms with Gasteiger partial charge in [0.25, 0.3) is 5.91 Å². The number of para-hydroxylation sites is 1. The molecule has 2 aromatic rings. The second-order valence-corrected chi connectivity index (χ2v) is 5.31. The number of nitrogens with one attached hydrogen (secondary N) is 1. The van der Waals surface area contributed by atoms with Crippen molar-refractivity contribution in [2.24, 2.45) is 0 Å². The van der Waals surface area contributed by atoms with E-state index < -0.39 is 0 Å². The van der Waals surface area contributed by atoms with Gasteiger partial charge in [0.2, 0.25) is 0 Å². The van der Waals surface area contributed by atoms with Crippen LogP contribution in [0.3, 0.4) is 0 Å². The Kier molecular flexibility index (Phi) is 5.78. The lowest BCUT2D eigenvalue weighted by Gasteiger charge is -2.09. The van der Waals surface area contributed by atoms with Crippen molar-refractivity contribution in [2.75, 3.05) is 12.3 Å². The van der Waals surface area contributed by atoms with Crippen LogP contribution in [0.15, 0.2) is 30.5 Å². The molecule has 0 fully saturated rings. The van der Waals surface area contributed by atoms with E-state index in [0.29, 0.717) is 33.8 Å². The van der Waals surface area contributed by atoms with Gasteiger partial charge in [-0.15, -0.1) is 0 Å². The van der Waals surface area contributed by atoms with Gasteiger partial charge in [0, 0.05) is 18.5 Å². The van der Waals surface area contributed by atoms with Crippen LogP contribution in [0.1, 0.15) is 10.5 Å². The van der Waals surface area contributed by atoms with E-state index in [1.165, 1.54) is 4.68 Å². The van der Waals surface area contributed by atoms with E-state index in [1.807, 2.05) is 0 Å². The molecule has 5 nitrogen and oxygen atoms in total. The van der Waals surface area contributed by atoms with Crippen molar-refractivity contribution in [2.45, 2.75) is 6.73 Å². The summed E-state index contributed by atoms with van der Waals surface area (Å²) in [6, 6.07) is 6.70. The van der Waals surface area contributed by atoms with Crippen molar-refractivity contribution in [3.63, 3.8) is 0 Å². The zero-order valence-electron chi connectivity index (χ0n) is 10.9. The maximum Gasteiger partial charge on any atom is 0.271 e. The second kappa shape index (κ2) is 7.59. The van der Waals surface area contributed by atoms with Crippen molar-refractivity contribution in [3.05, 3.63) is 46.2 Å². The molecule has 0 spiro atoms. The monoisotopic (exact) mass is 345 g/mol. The molecule has 0 saturated carbocycles. The van der Waals surface area contributed by atoms with E-state index >= 15 is 0 Å². The SMILES string of the molecule is O=C(NCCS)c1ccn(COc2c(Cl)cccc2Cl)n1. The van der Waals surface area contributed by atoms with Crippen LogP contribution in [-0.2, 0) is 6.73 Å². The average molecular weight is 346 g/mol. The fourth-order valence-corrected chi connectivity index (χ4v) is 2.18. The highest BCUT2D eigenvalue weighted by atomic mass is 35.5. The molecule has 0 unspecified atom stereocenters. The number of carbonyl (C=O) groups is 1. The van der Waals surface area contributed by atoms with Crippen molar-refractivity contribution >= 4 is 41.7 Å². The summed E-state index contributed by atoms with van der Waals surface area (Å²) >= 11 is 16.0. The Labute approximate surface area is 137 Å². The first-order valence-corrected chi connectivity index (χ1v) is 7.50. The van der Waals surface area contributed by atoms with E-state index in [1.54, 1.807) is 30.5 Å². The number of amides is 1. The third-order valence-electron chi connectivity index (χ3n) is 2.53. The van der Waals surface area contributed by atoms with Crippen LogP contribution < -0.4 is 10.1 Å². The average Bonchev–Trinajstić information content (AvgIpc) is 2.93. The molecule has 0 aliphatic carbocycles. The van der Waals surface area contributed by atoms with Gasteiger partial charge in [0.15, 0.2) is 12.5 Å². The lowest BCUT2D eigenvalue weighted by molar-refractivity contribution is 0.0949.